The fraction of sp³-hybridized carbons (Fsp3) is 0.933. The summed E-state index contributed by atoms with van der Waals surface area (Å²) in [7, 11) is 0. The molecule has 1 saturated heterocycles. The van der Waals surface area contributed by atoms with Crippen LogP contribution >= 0.6 is 0 Å². The third-order valence-electron chi connectivity index (χ3n) is 4.00. The van der Waals surface area contributed by atoms with Gasteiger partial charge in [0.05, 0.1) is 0 Å². The van der Waals surface area contributed by atoms with E-state index in [4.69, 9.17) is 0 Å². The lowest BCUT2D eigenvalue weighted by molar-refractivity contribution is -0.120. The van der Waals surface area contributed by atoms with Gasteiger partial charge in [-0.1, -0.05) is 33.1 Å². The molecule has 2 atom stereocenters. The van der Waals surface area contributed by atoms with Gasteiger partial charge in [0.25, 0.3) is 0 Å². The number of carbonyl (C=O) groups excluding carboxylic acids is 1. The standard InChI is InChI=1S/C15H29NO/c1-3-4-5-6-9-15(17)11-13(2)14-8-7-10-16-12-14/h13-14,16H,3-12H2,1-2H3. The average molecular weight is 239 g/mol. The van der Waals surface area contributed by atoms with Crippen LogP contribution in [0.1, 0.15) is 65.2 Å². The van der Waals surface area contributed by atoms with Gasteiger partial charge in [-0.2, -0.15) is 0 Å². The normalized spacial score (nSPS) is 22.4. The van der Waals surface area contributed by atoms with Gasteiger partial charge in [0.2, 0.25) is 0 Å². The van der Waals surface area contributed by atoms with Crippen molar-refractivity contribution in [3.8, 4) is 0 Å². The largest absolute Gasteiger partial charge is 0.316 e. The third-order valence-corrected chi connectivity index (χ3v) is 4.00. The van der Waals surface area contributed by atoms with Crippen molar-refractivity contribution in [3.63, 3.8) is 0 Å². The Morgan fingerprint density at radius 2 is 2.18 bits per heavy atom. The summed E-state index contributed by atoms with van der Waals surface area (Å²) >= 11 is 0. The van der Waals surface area contributed by atoms with E-state index >= 15 is 0 Å². The topological polar surface area (TPSA) is 29.1 Å². The summed E-state index contributed by atoms with van der Waals surface area (Å²) < 4.78 is 0. The van der Waals surface area contributed by atoms with Gasteiger partial charge >= 0.3 is 0 Å². The SMILES string of the molecule is CCCCCCC(=O)CC(C)C1CCCNC1. The number of ketones is 1. The van der Waals surface area contributed by atoms with Crippen LogP contribution in [0.15, 0.2) is 0 Å². The molecule has 1 fully saturated rings. The Hall–Kier alpha value is -0.370. The van der Waals surface area contributed by atoms with Crippen LogP contribution in [0.5, 0.6) is 0 Å². The number of carbonyl (C=O) groups is 1. The van der Waals surface area contributed by atoms with Crippen LogP contribution in [-0.4, -0.2) is 18.9 Å². The van der Waals surface area contributed by atoms with Crippen molar-refractivity contribution in [2.75, 3.05) is 13.1 Å². The number of hydrogen-bond donors (Lipinski definition) is 1. The van der Waals surface area contributed by atoms with E-state index < -0.39 is 0 Å². The molecule has 1 N–H and O–H groups in total. The van der Waals surface area contributed by atoms with Crippen LogP contribution in [-0.2, 0) is 4.79 Å². The molecule has 2 unspecified atom stereocenters. The van der Waals surface area contributed by atoms with E-state index in [1.165, 1.54) is 32.1 Å². The molecular formula is C15H29NO. The van der Waals surface area contributed by atoms with E-state index in [9.17, 15) is 4.79 Å². The van der Waals surface area contributed by atoms with Gasteiger partial charge in [-0.05, 0) is 44.2 Å². The van der Waals surface area contributed by atoms with E-state index in [2.05, 4.69) is 19.2 Å². The fourth-order valence-corrected chi connectivity index (χ4v) is 2.74. The first-order chi connectivity index (χ1) is 8.24. The lowest BCUT2D eigenvalue weighted by Gasteiger charge is -2.28. The minimum Gasteiger partial charge on any atom is -0.316 e. The maximum atomic E-state index is 11.8. The van der Waals surface area contributed by atoms with Crippen molar-refractivity contribution >= 4 is 5.78 Å². The first-order valence-electron chi connectivity index (χ1n) is 7.46. The lowest BCUT2D eigenvalue weighted by atomic mass is 9.84. The average Bonchev–Trinajstić information content (AvgIpc) is 2.36. The fourth-order valence-electron chi connectivity index (χ4n) is 2.74. The van der Waals surface area contributed by atoms with Crippen molar-refractivity contribution in [3.05, 3.63) is 0 Å². The van der Waals surface area contributed by atoms with E-state index in [1.54, 1.807) is 0 Å². The Labute approximate surface area is 107 Å². The van der Waals surface area contributed by atoms with Gasteiger partial charge in [0.15, 0.2) is 0 Å². The highest BCUT2D eigenvalue weighted by molar-refractivity contribution is 5.78. The molecule has 1 heterocycles. The number of rotatable bonds is 8. The zero-order chi connectivity index (χ0) is 12.5. The molecule has 2 heteroatoms. The first kappa shape index (κ1) is 14.7. The molecule has 1 aliphatic rings. The molecule has 17 heavy (non-hydrogen) atoms. The Morgan fingerprint density at radius 3 is 2.82 bits per heavy atom. The summed E-state index contributed by atoms with van der Waals surface area (Å²) in [5, 5.41) is 3.44. The molecule has 0 saturated carbocycles. The Morgan fingerprint density at radius 1 is 1.35 bits per heavy atom. The van der Waals surface area contributed by atoms with Crippen molar-refractivity contribution in [1.29, 1.82) is 0 Å². The molecule has 0 radical (unpaired) electrons. The van der Waals surface area contributed by atoms with E-state index in [0.29, 0.717) is 11.7 Å². The second-order valence-corrected chi connectivity index (χ2v) is 5.64. The monoisotopic (exact) mass is 239 g/mol. The van der Waals surface area contributed by atoms with Gasteiger partial charge in [-0.15, -0.1) is 0 Å². The first-order valence-corrected chi connectivity index (χ1v) is 7.46. The molecule has 2 nitrogen and oxygen atoms in total. The molecule has 0 aliphatic carbocycles. The van der Waals surface area contributed by atoms with Crippen LogP contribution in [0.2, 0.25) is 0 Å². The highest BCUT2D eigenvalue weighted by Gasteiger charge is 2.21. The minimum absolute atomic E-state index is 0.485. The molecule has 0 aromatic rings. The number of piperidine rings is 1. The number of nitrogens with one attached hydrogen (secondary N) is 1. The van der Waals surface area contributed by atoms with Crippen LogP contribution in [0.25, 0.3) is 0 Å². The summed E-state index contributed by atoms with van der Waals surface area (Å²) in [6, 6.07) is 0. The smallest absolute Gasteiger partial charge is 0.133 e. The quantitative estimate of drug-likeness (QED) is 0.656. The summed E-state index contributed by atoms with van der Waals surface area (Å²) in [6.45, 7) is 6.74. The summed E-state index contributed by atoms with van der Waals surface area (Å²) in [5.74, 6) is 1.78. The Balaban J connectivity index is 2.11. The summed E-state index contributed by atoms with van der Waals surface area (Å²) in [4.78, 5) is 11.8. The number of Topliss-reactive ketones (excluding diaryl/α,β-unsaturated/α-hetero) is 1. The maximum absolute atomic E-state index is 11.8. The summed E-state index contributed by atoms with van der Waals surface area (Å²) in [6.07, 6.45) is 9.04. The van der Waals surface area contributed by atoms with E-state index in [1.807, 2.05) is 0 Å². The Kier molecular flexibility index (Phi) is 7.50. The zero-order valence-electron chi connectivity index (χ0n) is 11.6. The molecule has 1 rings (SSSR count). The van der Waals surface area contributed by atoms with Gasteiger partial charge < -0.3 is 5.32 Å². The number of hydrogen-bond acceptors (Lipinski definition) is 2. The van der Waals surface area contributed by atoms with Crippen LogP contribution in [0, 0.1) is 11.8 Å². The molecule has 0 aromatic heterocycles. The predicted molar refractivity (Wildman–Crippen MR) is 73.1 cm³/mol. The van der Waals surface area contributed by atoms with Gasteiger partial charge in [0, 0.05) is 12.8 Å². The third kappa shape index (κ3) is 6.21. The van der Waals surface area contributed by atoms with Crippen LogP contribution in [0.4, 0.5) is 0 Å². The van der Waals surface area contributed by atoms with Gasteiger partial charge in [-0.25, -0.2) is 0 Å². The summed E-state index contributed by atoms with van der Waals surface area (Å²) in [5.41, 5.74) is 0. The molecular weight excluding hydrogens is 210 g/mol. The van der Waals surface area contributed by atoms with Crippen LogP contribution < -0.4 is 5.32 Å². The van der Waals surface area contributed by atoms with Crippen molar-refractivity contribution in [2.24, 2.45) is 11.8 Å². The molecule has 0 amide bonds. The van der Waals surface area contributed by atoms with Gasteiger partial charge in [0.1, 0.15) is 5.78 Å². The maximum Gasteiger partial charge on any atom is 0.133 e. The molecule has 100 valence electrons. The molecule has 0 bridgehead atoms. The predicted octanol–water partition coefficient (Wildman–Crippen LogP) is 3.55. The second kappa shape index (κ2) is 8.68. The van der Waals surface area contributed by atoms with Crippen LogP contribution in [0.3, 0.4) is 0 Å². The van der Waals surface area contributed by atoms with Gasteiger partial charge in [-0.3, -0.25) is 4.79 Å². The minimum atomic E-state index is 0.485. The van der Waals surface area contributed by atoms with E-state index in [0.717, 1.165) is 38.3 Å². The second-order valence-electron chi connectivity index (χ2n) is 5.64. The lowest BCUT2D eigenvalue weighted by Crippen LogP contribution is -2.33. The molecule has 1 aliphatic heterocycles. The zero-order valence-corrected chi connectivity index (χ0v) is 11.6. The van der Waals surface area contributed by atoms with E-state index in [-0.39, 0.29) is 0 Å². The molecule has 0 aromatic carbocycles. The Bertz CT molecular complexity index is 209. The number of unbranched alkanes of at least 4 members (excludes halogenated alkanes) is 3. The van der Waals surface area contributed by atoms with Crippen molar-refractivity contribution < 1.29 is 4.79 Å². The highest BCUT2D eigenvalue weighted by atomic mass is 16.1. The van der Waals surface area contributed by atoms with Crippen molar-refractivity contribution in [1.82, 2.24) is 5.32 Å². The molecule has 0 spiro atoms. The highest BCUT2D eigenvalue weighted by Crippen LogP contribution is 2.23. The van der Waals surface area contributed by atoms with Crippen molar-refractivity contribution in [2.45, 2.75) is 65.2 Å².